The lowest BCUT2D eigenvalue weighted by atomic mass is 9.88. The maximum absolute atomic E-state index is 13.4. The average molecular weight is 490 g/mol. The Labute approximate surface area is 205 Å². The van der Waals surface area contributed by atoms with E-state index in [9.17, 15) is 13.9 Å². The Bertz CT molecular complexity index is 939. The quantitative estimate of drug-likeness (QED) is 0.578. The van der Waals surface area contributed by atoms with E-state index in [1.54, 1.807) is 7.11 Å². The van der Waals surface area contributed by atoms with Crippen molar-refractivity contribution in [3.8, 4) is 5.75 Å². The van der Waals surface area contributed by atoms with E-state index in [0.29, 0.717) is 36.4 Å². The van der Waals surface area contributed by atoms with E-state index in [-0.39, 0.29) is 12.0 Å². The minimum atomic E-state index is -0.639. The van der Waals surface area contributed by atoms with Gasteiger partial charge in [0.2, 0.25) is 0 Å². The molecule has 4 rings (SSSR count). The zero-order valence-corrected chi connectivity index (χ0v) is 20.4. The normalized spacial score (nSPS) is 19.1. The molecule has 0 spiro atoms. The maximum Gasteiger partial charge on any atom is 0.173 e. The summed E-state index contributed by atoms with van der Waals surface area (Å²) in [4.78, 5) is 4.38. The molecular formula is C26H33F2N3O2S. The summed E-state index contributed by atoms with van der Waals surface area (Å²) < 4.78 is 32.1. The van der Waals surface area contributed by atoms with Crippen molar-refractivity contribution in [2.45, 2.75) is 37.7 Å². The molecule has 34 heavy (non-hydrogen) atoms. The number of aliphatic hydroxyl groups excluding tert-OH is 1. The standard InChI is InChI=1S/C26H33F2N3O2S/c1-33-24-4-2-18(3-5-24)19-6-10-30(11-7-19)17-25(32)20-8-12-31(13-9-20)26(34)29-23-15-21(27)14-22(28)16-23/h2-5,14-16,19-20,25,32H,6-13,17H2,1H3,(H,29,34). The summed E-state index contributed by atoms with van der Waals surface area (Å²) >= 11 is 5.44. The first-order valence-electron chi connectivity index (χ1n) is 12.0. The molecule has 2 heterocycles. The second kappa shape index (κ2) is 11.4. The fraction of sp³-hybridized carbons (Fsp3) is 0.500. The predicted molar refractivity (Wildman–Crippen MR) is 134 cm³/mol. The highest BCUT2D eigenvalue weighted by molar-refractivity contribution is 7.80. The third-order valence-corrected chi connectivity index (χ3v) is 7.47. The van der Waals surface area contributed by atoms with Crippen LogP contribution in [0.3, 0.4) is 0 Å². The summed E-state index contributed by atoms with van der Waals surface area (Å²) in [5.41, 5.74) is 1.67. The molecule has 2 aliphatic rings. The fourth-order valence-corrected chi connectivity index (χ4v) is 5.35. The minimum absolute atomic E-state index is 0.227. The first-order chi connectivity index (χ1) is 16.4. The molecule has 8 heteroatoms. The van der Waals surface area contributed by atoms with Crippen LogP contribution in [0.25, 0.3) is 0 Å². The largest absolute Gasteiger partial charge is 0.497 e. The van der Waals surface area contributed by atoms with Gasteiger partial charge in [0.1, 0.15) is 17.4 Å². The van der Waals surface area contributed by atoms with Gasteiger partial charge in [-0.15, -0.1) is 0 Å². The molecule has 5 nitrogen and oxygen atoms in total. The van der Waals surface area contributed by atoms with Crippen LogP contribution in [0.15, 0.2) is 42.5 Å². The molecule has 2 fully saturated rings. The molecular weight excluding hydrogens is 456 g/mol. The van der Waals surface area contributed by atoms with Crippen LogP contribution in [-0.2, 0) is 0 Å². The molecule has 2 N–H and O–H groups in total. The number of halogens is 2. The van der Waals surface area contributed by atoms with Gasteiger partial charge < -0.3 is 25.0 Å². The van der Waals surface area contributed by atoms with Gasteiger partial charge in [0.05, 0.1) is 13.2 Å². The van der Waals surface area contributed by atoms with Crippen molar-refractivity contribution in [3.05, 3.63) is 59.7 Å². The van der Waals surface area contributed by atoms with Gasteiger partial charge in [0.15, 0.2) is 5.11 Å². The van der Waals surface area contributed by atoms with Crippen LogP contribution in [0.5, 0.6) is 5.75 Å². The number of thiocarbonyl (C=S) groups is 1. The van der Waals surface area contributed by atoms with Gasteiger partial charge in [-0.2, -0.15) is 0 Å². The molecule has 2 aliphatic heterocycles. The Balaban J connectivity index is 1.19. The van der Waals surface area contributed by atoms with E-state index < -0.39 is 11.6 Å². The SMILES string of the molecule is COc1ccc(C2CCN(CC(O)C3CCN(C(=S)Nc4cc(F)cc(F)c4)CC3)CC2)cc1. The lowest BCUT2D eigenvalue weighted by Gasteiger charge is -2.38. The number of likely N-dealkylation sites (tertiary alicyclic amines) is 2. The number of hydrogen-bond acceptors (Lipinski definition) is 4. The van der Waals surface area contributed by atoms with Gasteiger partial charge in [0, 0.05) is 31.4 Å². The van der Waals surface area contributed by atoms with E-state index in [0.717, 1.165) is 50.6 Å². The number of nitrogens with one attached hydrogen (secondary N) is 1. The lowest BCUT2D eigenvalue weighted by Crippen LogP contribution is -2.46. The third kappa shape index (κ3) is 6.43. The minimum Gasteiger partial charge on any atom is -0.497 e. The number of hydrogen-bond donors (Lipinski definition) is 2. The maximum atomic E-state index is 13.4. The molecule has 1 atom stereocenters. The van der Waals surface area contributed by atoms with Crippen LogP contribution in [0.1, 0.15) is 37.2 Å². The topological polar surface area (TPSA) is 48.0 Å². The number of rotatable bonds is 6. The van der Waals surface area contributed by atoms with Crippen LogP contribution in [0.2, 0.25) is 0 Å². The monoisotopic (exact) mass is 489 g/mol. The molecule has 0 amide bonds. The van der Waals surface area contributed by atoms with Crippen molar-refractivity contribution in [2.24, 2.45) is 5.92 Å². The summed E-state index contributed by atoms with van der Waals surface area (Å²) in [5.74, 6) is 0.391. The summed E-state index contributed by atoms with van der Waals surface area (Å²) in [6.07, 6.45) is 3.50. The Hall–Kier alpha value is -2.29. The van der Waals surface area contributed by atoms with E-state index in [1.165, 1.54) is 17.7 Å². The molecule has 0 aromatic heterocycles. The molecule has 184 valence electrons. The molecule has 1 unspecified atom stereocenters. The predicted octanol–water partition coefficient (Wildman–Crippen LogP) is 4.62. The number of β-amino-alcohol motifs (C(OH)–C–C–N with tert-alkyl or cyclic N) is 1. The zero-order chi connectivity index (χ0) is 24.1. The Morgan fingerprint density at radius 2 is 1.65 bits per heavy atom. The number of nitrogens with zero attached hydrogens (tertiary/aromatic N) is 2. The fourth-order valence-electron chi connectivity index (χ4n) is 5.05. The van der Waals surface area contributed by atoms with Crippen LogP contribution in [0, 0.1) is 17.6 Å². The number of anilines is 1. The van der Waals surface area contributed by atoms with Gasteiger partial charge in [-0.1, -0.05) is 12.1 Å². The summed E-state index contributed by atoms with van der Waals surface area (Å²) in [6.45, 7) is 4.11. The smallest absolute Gasteiger partial charge is 0.173 e. The van der Waals surface area contributed by atoms with Crippen molar-refractivity contribution in [1.82, 2.24) is 9.80 Å². The van der Waals surface area contributed by atoms with E-state index >= 15 is 0 Å². The lowest BCUT2D eigenvalue weighted by molar-refractivity contribution is 0.0343. The third-order valence-electron chi connectivity index (χ3n) is 7.10. The van der Waals surface area contributed by atoms with E-state index in [4.69, 9.17) is 17.0 Å². The van der Waals surface area contributed by atoms with Gasteiger partial charge in [-0.3, -0.25) is 0 Å². The highest BCUT2D eigenvalue weighted by Crippen LogP contribution is 2.30. The summed E-state index contributed by atoms with van der Waals surface area (Å²) in [7, 11) is 1.68. The number of benzene rings is 2. The first kappa shape index (κ1) is 24.8. The highest BCUT2D eigenvalue weighted by Gasteiger charge is 2.29. The molecule has 2 aromatic rings. The molecule has 0 saturated carbocycles. The molecule has 2 saturated heterocycles. The van der Waals surface area contributed by atoms with Crippen molar-refractivity contribution >= 4 is 23.0 Å². The van der Waals surface area contributed by atoms with Crippen LogP contribution in [-0.4, -0.2) is 66.0 Å². The second-order valence-corrected chi connectivity index (χ2v) is 9.71. The van der Waals surface area contributed by atoms with Crippen molar-refractivity contribution in [3.63, 3.8) is 0 Å². The molecule has 0 radical (unpaired) electrons. The first-order valence-corrected chi connectivity index (χ1v) is 12.4. The number of aliphatic hydroxyl groups is 1. The van der Waals surface area contributed by atoms with Crippen molar-refractivity contribution in [1.29, 1.82) is 0 Å². The zero-order valence-electron chi connectivity index (χ0n) is 19.6. The Kier molecular flexibility index (Phi) is 8.34. The van der Waals surface area contributed by atoms with E-state index in [1.807, 2.05) is 17.0 Å². The van der Waals surface area contributed by atoms with Gasteiger partial charge in [-0.05, 0) is 92.7 Å². The summed E-state index contributed by atoms with van der Waals surface area (Å²) in [6, 6.07) is 11.7. The Morgan fingerprint density at radius 3 is 2.24 bits per heavy atom. The second-order valence-electron chi connectivity index (χ2n) is 9.33. The molecule has 2 aromatic carbocycles. The van der Waals surface area contributed by atoms with Gasteiger partial charge in [0.25, 0.3) is 0 Å². The number of piperidine rings is 2. The van der Waals surface area contributed by atoms with Gasteiger partial charge >= 0.3 is 0 Å². The van der Waals surface area contributed by atoms with Crippen LogP contribution >= 0.6 is 12.2 Å². The van der Waals surface area contributed by atoms with Crippen LogP contribution < -0.4 is 10.1 Å². The number of ether oxygens (including phenoxy) is 1. The Morgan fingerprint density at radius 1 is 1.03 bits per heavy atom. The highest BCUT2D eigenvalue weighted by atomic mass is 32.1. The summed E-state index contributed by atoms with van der Waals surface area (Å²) in [5, 5.41) is 14.3. The molecule has 0 aliphatic carbocycles. The molecule has 0 bridgehead atoms. The van der Waals surface area contributed by atoms with Gasteiger partial charge in [-0.25, -0.2) is 8.78 Å². The van der Waals surface area contributed by atoms with Crippen molar-refractivity contribution < 1.29 is 18.6 Å². The number of methoxy groups -OCH3 is 1. The van der Waals surface area contributed by atoms with Crippen LogP contribution in [0.4, 0.5) is 14.5 Å². The average Bonchev–Trinajstić information content (AvgIpc) is 2.84. The van der Waals surface area contributed by atoms with Crippen molar-refractivity contribution in [2.75, 3.05) is 45.2 Å². The van der Waals surface area contributed by atoms with E-state index in [2.05, 4.69) is 22.3 Å².